The Morgan fingerprint density at radius 3 is 3.07 bits per heavy atom. The number of hydrogen-bond acceptors (Lipinski definition) is 2. The Labute approximate surface area is 89.2 Å². The van der Waals surface area contributed by atoms with Gasteiger partial charge in [0.1, 0.15) is 0 Å². The molecule has 2 saturated heterocycles. The molecular weight excluding hydrogens is 194 g/mol. The molecule has 0 saturated carbocycles. The van der Waals surface area contributed by atoms with Gasteiger partial charge in [0.15, 0.2) is 0 Å². The van der Waals surface area contributed by atoms with Crippen LogP contribution in [0, 0.1) is 5.92 Å². The lowest BCUT2D eigenvalue weighted by Crippen LogP contribution is -2.56. The van der Waals surface area contributed by atoms with Gasteiger partial charge in [0.25, 0.3) is 0 Å². The third-order valence-electron chi connectivity index (χ3n) is 3.32. The van der Waals surface area contributed by atoms with Gasteiger partial charge in [-0.3, -0.25) is 4.79 Å². The number of rotatable bonds is 0. The van der Waals surface area contributed by atoms with Crippen molar-refractivity contribution >= 4 is 11.9 Å². The van der Waals surface area contributed by atoms with Gasteiger partial charge in [-0.25, -0.2) is 4.79 Å². The van der Waals surface area contributed by atoms with Crippen LogP contribution in [-0.2, 0) is 4.79 Å². The number of nitrogens with one attached hydrogen (secondary N) is 2. The molecule has 2 rings (SSSR count). The van der Waals surface area contributed by atoms with Crippen molar-refractivity contribution in [1.29, 1.82) is 0 Å². The molecule has 2 atom stereocenters. The number of piperidine rings is 2. The van der Waals surface area contributed by atoms with Crippen LogP contribution in [-0.4, -0.2) is 43.0 Å². The number of fused-ring (bicyclic) bond motifs is 1. The average molecular weight is 211 g/mol. The fraction of sp³-hybridized carbons (Fsp3) is 0.800. The Kier molecular flexibility index (Phi) is 2.79. The first-order chi connectivity index (χ1) is 7.20. The lowest BCUT2D eigenvalue weighted by molar-refractivity contribution is -0.125. The summed E-state index contributed by atoms with van der Waals surface area (Å²) in [6, 6.07) is 0.275. The smallest absolute Gasteiger partial charge is 0.317 e. The molecule has 0 aliphatic carbocycles. The molecular formula is C10H17N3O2. The van der Waals surface area contributed by atoms with Crippen molar-refractivity contribution in [1.82, 2.24) is 15.5 Å². The molecule has 5 heteroatoms. The fourth-order valence-corrected chi connectivity index (χ4v) is 2.45. The van der Waals surface area contributed by atoms with E-state index in [-0.39, 0.29) is 18.0 Å². The van der Waals surface area contributed by atoms with Crippen molar-refractivity contribution in [2.24, 2.45) is 5.92 Å². The fourth-order valence-electron chi connectivity index (χ4n) is 2.45. The van der Waals surface area contributed by atoms with E-state index in [0.29, 0.717) is 12.3 Å². The molecule has 2 aliphatic heterocycles. The molecule has 0 aromatic carbocycles. The van der Waals surface area contributed by atoms with Crippen molar-refractivity contribution in [3.8, 4) is 0 Å². The third-order valence-corrected chi connectivity index (χ3v) is 3.32. The second-order valence-electron chi connectivity index (χ2n) is 4.26. The second-order valence-corrected chi connectivity index (χ2v) is 4.26. The molecule has 0 radical (unpaired) electrons. The highest BCUT2D eigenvalue weighted by Gasteiger charge is 2.34. The molecule has 2 aliphatic rings. The predicted octanol–water partition coefficient (Wildman–Crippen LogP) is -0.0737. The van der Waals surface area contributed by atoms with E-state index in [1.165, 1.54) is 0 Å². The monoisotopic (exact) mass is 211 g/mol. The molecule has 3 amide bonds. The Morgan fingerprint density at radius 2 is 2.33 bits per heavy atom. The maximum atomic E-state index is 11.4. The van der Waals surface area contributed by atoms with E-state index < -0.39 is 0 Å². The van der Waals surface area contributed by atoms with Crippen molar-refractivity contribution in [2.45, 2.75) is 25.3 Å². The summed E-state index contributed by atoms with van der Waals surface area (Å²) < 4.78 is 0. The minimum absolute atomic E-state index is 0.00894. The first-order valence-corrected chi connectivity index (χ1v) is 5.46. The van der Waals surface area contributed by atoms with Gasteiger partial charge in [0, 0.05) is 32.6 Å². The summed E-state index contributed by atoms with van der Waals surface area (Å²) in [5.41, 5.74) is 0. The highest BCUT2D eigenvalue weighted by atomic mass is 16.2. The quantitative estimate of drug-likeness (QED) is 0.589. The third kappa shape index (κ3) is 2.06. The van der Waals surface area contributed by atoms with E-state index in [2.05, 4.69) is 10.6 Å². The molecule has 84 valence electrons. The van der Waals surface area contributed by atoms with Gasteiger partial charge in [-0.05, 0) is 18.8 Å². The highest BCUT2D eigenvalue weighted by Crippen LogP contribution is 2.25. The number of amides is 3. The van der Waals surface area contributed by atoms with Gasteiger partial charge in [-0.2, -0.15) is 0 Å². The molecule has 2 heterocycles. The van der Waals surface area contributed by atoms with Gasteiger partial charge in [0.05, 0.1) is 0 Å². The molecule has 5 nitrogen and oxygen atoms in total. The largest absolute Gasteiger partial charge is 0.353 e. The maximum Gasteiger partial charge on any atom is 0.317 e. The zero-order valence-corrected chi connectivity index (χ0v) is 8.95. The summed E-state index contributed by atoms with van der Waals surface area (Å²) in [5, 5.41) is 5.64. The maximum absolute atomic E-state index is 11.4. The van der Waals surface area contributed by atoms with Gasteiger partial charge in [-0.1, -0.05) is 0 Å². The normalized spacial score (nSPS) is 30.5. The summed E-state index contributed by atoms with van der Waals surface area (Å²) in [7, 11) is 1.65. The average Bonchev–Trinajstić information content (AvgIpc) is 2.27. The number of carbonyl (C=O) groups excluding carboxylic acids is 2. The summed E-state index contributed by atoms with van der Waals surface area (Å²) >= 11 is 0. The Morgan fingerprint density at radius 1 is 1.53 bits per heavy atom. The lowest BCUT2D eigenvalue weighted by Gasteiger charge is -2.41. The standard InChI is InChI=1S/C10H17N3O2/c1-11-10(15)13-5-4-8-7(6-13)2-3-9(14)12-8/h7-8H,2-6H2,1H3,(H,11,15)(H,12,14). The van der Waals surface area contributed by atoms with E-state index in [9.17, 15) is 9.59 Å². The zero-order chi connectivity index (χ0) is 10.8. The molecule has 15 heavy (non-hydrogen) atoms. The van der Waals surface area contributed by atoms with Crippen molar-refractivity contribution in [2.75, 3.05) is 20.1 Å². The Bertz CT molecular complexity index is 280. The van der Waals surface area contributed by atoms with Gasteiger partial charge in [-0.15, -0.1) is 0 Å². The first-order valence-electron chi connectivity index (χ1n) is 5.46. The van der Waals surface area contributed by atoms with Crippen molar-refractivity contribution < 1.29 is 9.59 Å². The molecule has 2 fully saturated rings. The summed E-state index contributed by atoms with van der Waals surface area (Å²) in [6.07, 6.45) is 2.39. The molecule has 2 unspecified atom stereocenters. The minimum Gasteiger partial charge on any atom is -0.353 e. The Hall–Kier alpha value is -1.26. The van der Waals surface area contributed by atoms with E-state index >= 15 is 0 Å². The van der Waals surface area contributed by atoms with E-state index in [0.717, 1.165) is 25.9 Å². The van der Waals surface area contributed by atoms with Crippen LogP contribution < -0.4 is 10.6 Å². The van der Waals surface area contributed by atoms with Crippen LogP contribution in [0.25, 0.3) is 0 Å². The van der Waals surface area contributed by atoms with Crippen molar-refractivity contribution in [3.05, 3.63) is 0 Å². The number of urea groups is 1. The summed E-state index contributed by atoms with van der Waals surface area (Å²) in [4.78, 5) is 24.5. The molecule has 0 aromatic heterocycles. The van der Waals surface area contributed by atoms with Gasteiger partial charge >= 0.3 is 6.03 Å². The SMILES string of the molecule is CNC(=O)N1CCC2NC(=O)CCC2C1. The molecule has 0 bridgehead atoms. The number of hydrogen-bond donors (Lipinski definition) is 2. The minimum atomic E-state index is -0.00894. The Balaban J connectivity index is 1.95. The molecule has 0 spiro atoms. The van der Waals surface area contributed by atoms with Crippen LogP contribution in [0.15, 0.2) is 0 Å². The van der Waals surface area contributed by atoms with Crippen molar-refractivity contribution in [3.63, 3.8) is 0 Å². The predicted molar refractivity (Wildman–Crippen MR) is 55.3 cm³/mol. The second kappa shape index (κ2) is 4.08. The van der Waals surface area contributed by atoms with Crippen LogP contribution in [0.1, 0.15) is 19.3 Å². The van der Waals surface area contributed by atoms with Crippen LogP contribution in [0.2, 0.25) is 0 Å². The van der Waals surface area contributed by atoms with E-state index in [1.807, 2.05) is 4.90 Å². The topological polar surface area (TPSA) is 61.4 Å². The molecule has 0 aromatic rings. The van der Waals surface area contributed by atoms with Crippen LogP contribution in [0.4, 0.5) is 4.79 Å². The van der Waals surface area contributed by atoms with Gasteiger partial charge in [0.2, 0.25) is 5.91 Å². The van der Waals surface area contributed by atoms with Gasteiger partial charge < -0.3 is 15.5 Å². The van der Waals surface area contributed by atoms with E-state index in [4.69, 9.17) is 0 Å². The number of likely N-dealkylation sites (tertiary alicyclic amines) is 1. The number of carbonyl (C=O) groups is 2. The summed E-state index contributed by atoms with van der Waals surface area (Å²) in [6.45, 7) is 1.51. The first kappa shape index (κ1) is 10.3. The zero-order valence-electron chi connectivity index (χ0n) is 8.95. The van der Waals surface area contributed by atoms with Crippen LogP contribution >= 0.6 is 0 Å². The van der Waals surface area contributed by atoms with E-state index in [1.54, 1.807) is 7.05 Å². The molecule has 2 N–H and O–H groups in total. The lowest BCUT2D eigenvalue weighted by atomic mass is 9.85. The summed E-state index contributed by atoms with van der Waals surface area (Å²) in [5.74, 6) is 0.596. The number of nitrogens with zero attached hydrogens (tertiary/aromatic N) is 1. The van der Waals surface area contributed by atoms with Crippen LogP contribution in [0.5, 0.6) is 0 Å². The highest BCUT2D eigenvalue weighted by molar-refractivity contribution is 5.77. The van der Waals surface area contributed by atoms with Crippen LogP contribution in [0.3, 0.4) is 0 Å².